The van der Waals surface area contributed by atoms with Gasteiger partial charge in [-0.2, -0.15) is 4.31 Å². The first kappa shape index (κ1) is 19.8. The van der Waals surface area contributed by atoms with Crippen molar-refractivity contribution in [3.05, 3.63) is 24.5 Å². The minimum atomic E-state index is -3.75. The Morgan fingerprint density at radius 3 is 2.52 bits per heavy atom. The van der Waals surface area contributed by atoms with Gasteiger partial charge in [-0.1, -0.05) is 13.8 Å². The maximum atomic E-state index is 13.1. The van der Waals surface area contributed by atoms with Crippen LogP contribution in [-0.2, 0) is 19.6 Å². The smallest absolute Gasteiger partial charge is 0.244 e. The molecule has 1 aromatic heterocycles. The summed E-state index contributed by atoms with van der Waals surface area (Å²) < 4.78 is 27.7. The van der Waals surface area contributed by atoms with E-state index >= 15 is 0 Å². The number of carbonyl (C=O) groups is 2. The highest BCUT2D eigenvalue weighted by molar-refractivity contribution is 7.89. The van der Waals surface area contributed by atoms with Crippen LogP contribution in [0, 0.1) is 11.3 Å². The Labute approximate surface area is 160 Å². The number of rotatable bonds is 3. The fraction of sp³-hybridized carbons (Fsp3) is 0.611. The molecule has 1 aromatic rings. The predicted octanol–water partition coefficient (Wildman–Crippen LogP) is 0.419. The van der Waals surface area contributed by atoms with E-state index in [1.54, 1.807) is 22.9 Å². The second kappa shape index (κ2) is 7.20. The Morgan fingerprint density at radius 1 is 1.22 bits per heavy atom. The summed E-state index contributed by atoms with van der Waals surface area (Å²) in [7, 11) is -2.03. The van der Waals surface area contributed by atoms with Crippen molar-refractivity contribution in [2.24, 2.45) is 11.3 Å². The fourth-order valence-corrected chi connectivity index (χ4v) is 5.45. The molecule has 27 heavy (non-hydrogen) atoms. The van der Waals surface area contributed by atoms with Crippen molar-refractivity contribution >= 4 is 21.8 Å². The zero-order chi connectivity index (χ0) is 19.8. The summed E-state index contributed by atoms with van der Waals surface area (Å²) in [6, 6.07) is 3.10. The molecule has 9 heteroatoms. The first-order valence-electron chi connectivity index (χ1n) is 9.08. The van der Waals surface area contributed by atoms with E-state index in [2.05, 4.69) is 4.98 Å². The van der Waals surface area contributed by atoms with Gasteiger partial charge in [0.2, 0.25) is 21.8 Å². The second-order valence-electron chi connectivity index (χ2n) is 7.87. The Morgan fingerprint density at radius 2 is 1.96 bits per heavy atom. The van der Waals surface area contributed by atoms with Crippen LogP contribution in [0.2, 0.25) is 0 Å². The molecule has 0 aromatic carbocycles. The molecule has 1 atom stereocenters. The van der Waals surface area contributed by atoms with Crippen molar-refractivity contribution in [1.29, 1.82) is 0 Å². The van der Waals surface area contributed by atoms with Crippen LogP contribution in [0.15, 0.2) is 29.4 Å². The standard InChI is InChI=1S/C18H26N4O4S/c1-14(2)17(24)21-7-8-22(27(25,26)15-5-4-6-19-10-15)13-18(12-21)9-16(23)20(3)11-18/h4-6,10,14H,7-9,11-13H2,1-3H3. The van der Waals surface area contributed by atoms with E-state index in [1.807, 2.05) is 13.8 Å². The highest BCUT2D eigenvalue weighted by atomic mass is 32.2. The first-order chi connectivity index (χ1) is 12.6. The molecule has 0 saturated carbocycles. The number of likely N-dealkylation sites (tertiary alicyclic amines) is 1. The Bertz CT molecular complexity index is 827. The van der Waals surface area contributed by atoms with E-state index < -0.39 is 15.4 Å². The number of amides is 2. The monoisotopic (exact) mass is 394 g/mol. The van der Waals surface area contributed by atoms with Crippen LogP contribution < -0.4 is 0 Å². The van der Waals surface area contributed by atoms with Crippen molar-refractivity contribution in [2.75, 3.05) is 39.8 Å². The van der Waals surface area contributed by atoms with Gasteiger partial charge in [-0.3, -0.25) is 14.6 Å². The van der Waals surface area contributed by atoms with Gasteiger partial charge < -0.3 is 9.80 Å². The van der Waals surface area contributed by atoms with E-state index in [0.717, 1.165) is 0 Å². The third-order valence-electron chi connectivity index (χ3n) is 5.26. The number of hydrogen-bond donors (Lipinski definition) is 0. The number of aromatic nitrogens is 1. The van der Waals surface area contributed by atoms with E-state index in [0.29, 0.717) is 19.6 Å². The first-order valence-corrected chi connectivity index (χ1v) is 10.5. The molecule has 2 aliphatic rings. The minimum absolute atomic E-state index is 0.0167. The highest BCUT2D eigenvalue weighted by Gasteiger charge is 2.48. The van der Waals surface area contributed by atoms with E-state index in [9.17, 15) is 18.0 Å². The number of nitrogens with zero attached hydrogens (tertiary/aromatic N) is 4. The van der Waals surface area contributed by atoms with Gasteiger partial charge in [0, 0.05) is 69.9 Å². The van der Waals surface area contributed by atoms with Crippen molar-refractivity contribution in [3.63, 3.8) is 0 Å². The molecule has 2 saturated heterocycles. The summed E-state index contributed by atoms with van der Waals surface area (Å²) in [6.45, 7) is 5.21. The van der Waals surface area contributed by atoms with E-state index in [4.69, 9.17) is 0 Å². The Balaban J connectivity index is 1.96. The molecule has 2 aliphatic heterocycles. The Kier molecular flexibility index (Phi) is 5.27. The molecule has 2 fully saturated rings. The summed E-state index contributed by atoms with van der Waals surface area (Å²) >= 11 is 0. The molecule has 0 radical (unpaired) electrons. The molecule has 1 spiro atoms. The largest absolute Gasteiger partial charge is 0.345 e. The van der Waals surface area contributed by atoms with Gasteiger partial charge in [0.25, 0.3) is 0 Å². The molecule has 0 bridgehead atoms. The van der Waals surface area contributed by atoms with Crippen LogP contribution in [0.1, 0.15) is 20.3 Å². The third kappa shape index (κ3) is 3.84. The van der Waals surface area contributed by atoms with Crippen molar-refractivity contribution in [2.45, 2.75) is 25.2 Å². The molecule has 148 valence electrons. The fourth-order valence-electron chi connectivity index (χ4n) is 3.94. The normalized spacial score (nSPS) is 24.7. The zero-order valence-electron chi connectivity index (χ0n) is 16.0. The van der Waals surface area contributed by atoms with Gasteiger partial charge >= 0.3 is 0 Å². The van der Waals surface area contributed by atoms with Gasteiger partial charge in [0.05, 0.1) is 0 Å². The number of sulfonamides is 1. The molecule has 2 amide bonds. The minimum Gasteiger partial charge on any atom is -0.345 e. The van der Waals surface area contributed by atoms with Crippen LogP contribution >= 0.6 is 0 Å². The molecule has 1 unspecified atom stereocenters. The summed E-state index contributed by atoms with van der Waals surface area (Å²) in [5.41, 5.74) is -0.595. The molecule has 3 heterocycles. The van der Waals surface area contributed by atoms with Gasteiger partial charge in [0.1, 0.15) is 4.90 Å². The second-order valence-corrected chi connectivity index (χ2v) is 9.81. The summed E-state index contributed by atoms with van der Waals surface area (Å²) in [6.07, 6.45) is 3.09. The quantitative estimate of drug-likeness (QED) is 0.741. The molecule has 3 rings (SSSR count). The lowest BCUT2D eigenvalue weighted by atomic mass is 9.86. The zero-order valence-corrected chi connectivity index (χ0v) is 16.8. The van der Waals surface area contributed by atoms with Crippen molar-refractivity contribution in [1.82, 2.24) is 19.1 Å². The topological polar surface area (TPSA) is 90.9 Å². The number of hydrogen-bond acceptors (Lipinski definition) is 5. The molecular formula is C18H26N4O4S. The van der Waals surface area contributed by atoms with Crippen LogP contribution in [0.4, 0.5) is 0 Å². The van der Waals surface area contributed by atoms with Crippen LogP contribution in [0.3, 0.4) is 0 Å². The maximum absolute atomic E-state index is 13.1. The SMILES string of the molecule is CC(C)C(=O)N1CCN(S(=O)(=O)c2cccnc2)CC2(CC(=O)N(C)C2)C1. The average Bonchev–Trinajstić information content (AvgIpc) is 2.79. The molecular weight excluding hydrogens is 368 g/mol. The average molecular weight is 394 g/mol. The summed E-state index contributed by atoms with van der Waals surface area (Å²) in [4.78, 5) is 32.3. The third-order valence-corrected chi connectivity index (χ3v) is 7.09. The number of carbonyl (C=O) groups excluding carboxylic acids is 2. The van der Waals surface area contributed by atoms with Crippen LogP contribution in [-0.4, -0.2) is 79.1 Å². The van der Waals surface area contributed by atoms with Gasteiger partial charge in [-0.25, -0.2) is 8.42 Å². The molecule has 0 N–H and O–H groups in total. The molecule has 8 nitrogen and oxygen atoms in total. The van der Waals surface area contributed by atoms with Gasteiger partial charge in [0.15, 0.2) is 0 Å². The van der Waals surface area contributed by atoms with E-state index in [1.165, 1.54) is 22.8 Å². The van der Waals surface area contributed by atoms with Crippen LogP contribution in [0.25, 0.3) is 0 Å². The van der Waals surface area contributed by atoms with Crippen molar-refractivity contribution < 1.29 is 18.0 Å². The maximum Gasteiger partial charge on any atom is 0.244 e. The van der Waals surface area contributed by atoms with Gasteiger partial charge in [-0.05, 0) is 12.1 Å². The lowest BCUT2D eigenvalue weighted by Gasteiger charge is -2.33. The van der Waals surface area contributed by atoms with Gasteiger partial charge in [-0.15, -0.1) is 0 Å². The summed E-state index contributed by atoms with van der Waals surface area (Å²) in [5, 5.41) is 0. The molecule has 0 aliphatic carbocycles. The lowest BCUT2D eigenvalue weighted by molar-refractivity contribution is -0.135. The highest BCUT2D eigenvalue weighted by Crippen LogP contribution is 2.36. The van der Waals surface area contributed by atoms with Crippen LogP contribution in [0.5, 0.6) is 0 Å². The lowest BCUT2D eigenvalue weighted by Crippen LogP contribution is -2.45. The van der Waals surface area contributed by atoms with Crippen molar-refractivity contribution in [3.8, 4) is 0 Å². The summed E-state index contributed by atoms with van der Waals surface area (Å²) in [5.74, 6) is -0.220. The Hall–Kier alpha value is -2.00. The van der Waals surface area contributed by atoms with E-state index in [-0.39, 0.29) is 42.1 Å². The predicted molar refractivity (Wildman–Crippen MR) is 99.1 cm³/mol. The number of pyridine rings is 1.